The van der Waals surface area contributed by atoms with Crippen molar-refractivity contribution in [3.8, 4) is 0 Å². The monoisotopic (exact) mass is 214 g/mol. The lowest BCUT2D eigenvalue weighted by Gasteiger charge is -2.18. The number of aliphatic hydroxyl groups is 1. The Kier molecular flexibility index (Phi) is 4.58. The van der Waals surface area contributed by atoms with Gasteiger partial charge in [-0.2, -0.15) is 0 Å². The van der Waals surface area contributed by atoms with E-state index < -0.39 is 0 Å². The minimum absolute atomic E-state index is 0.0645. The number of hydrogen-bond acceptors (Lipinski definition) is 5. The number of rotatable bonds is 6. The third-order valence-electron chi connectivity index (χ3n) is 2.18. The average Bonchev–Trinajstić information content (AvgIpc) is 2.53. The van der Waals surface area contributed by atoms with E-state index in [1.165, 1.54) is 0 Å². The van der Waals surface area contributed by atoms with Crippen LogP contribution in [0.1, 0.15) is 11.5 Å². The van der Waals surface area contributed by atoms with Gasteiger partial charge in [-0.3, -0.25) is 0 Å². The summed E-state index contributed by atoms with van der Waals surface area (Å²) < 4.78 is 10.3. The Morgan fingerprint density at radius 3 is 2.67 bits per heavy atom. The molecule has 1 rings (SSSR count). The van der Waals surface area contributed by atoms with Gasteiger partial charge in [0, 0.05) is 13.6 Å². The van der Waals surface area contributed by atoms with Crippen molar-refractivity contribution in [2.75, 3.05) is 38.3 Å². The fourth-order valence-corrected chi connectivity index (χ4v) is 1.50. The third-order valence-corrected chi connectivity index (χ3v) is 2.18. The van der Waals surface area contributed by atoms with Gasteiger partial charge in [-0.15, -0.1) is 0 Å². The van der Waals surface area contributed by atoms with Gasteiger partial charge in [0.25, 0.3) is 0 Å². The zero-order chi connectivity index (χ0) is 11.3. The van der Waals surface area contributed by atoms with Gasteiger partial charge in [-0.25, -0.2) is 0 Å². The van der Waals surface area contributed by atoms with Crippen LogP contribution in [0.4, 0.5) is 5.69 Å². The van der Waals surface area contributed by atoms with Crippen LogP contribution in [0.15, 0.2) is 4.52 Å². The second-order valence-corrected chi connectivity index (χ2v) is 3.43. The van der Waals surface area contributed by atoms with Crippen molar-refractivity contribution in [3.05, 3.63) is 11.5 Å². The molecule has 0 radical (unpaired) electrons. The second-order valence-electron chi connectivity index (χ2n) is 3.43. The molecular weight excluding hydrogens is 196 g/mol. The molecule has 0 bridgehead atoms. The highest BCUT2D eigenvalue weighted by Gasteiger charge is 2.12. The number of aromatic nitrogens is 1. The van der Waals surface area contributed by atoms with Crippen LogP contribution in [-0.4, -0.2) is 43.7 Å². The molecule has 0 aliphatic heterocycles. The molecule has 0 spiro atoms. The van der Waals surface area contributed by atoms with Gasteiger partial charge >= 0.3 is 0 Å². The topological polar surface area (TPSA) is 58.7 Å². The highest BCUT2D eigenvalue weighted by atomic mass is 16.5. The highest BCUT2D eigenvalue weighted by molar-refractivity contribution is 5.52. The predicted molar refractivity (Wildman–Crippen MR) is 57.2 cm³/mol. The van der Waals surface area contributed by atoms with Crippen molar-refractivity contribution >= 4 is 5.69 Å². The van der Waals surface area contributed by atoms with Crippen LogP contribution in [0, 0.1) is 13.8 Å². The lowest BCUT2D eigenvalue weighted by Crippen LogP contribution is -2.24. The van der Waals surface area contributed by atoms with Crippen molar-refractivity contribution in [1.82, 2.24) is 5.16 Å². The molecule has 0 fully saturated rings. The normalized spacial score (nSPS) is 10.7. The lowest BCUT2D eigenvalue weighted by atomic mass is 10.3. The van der Waals surface area contributed by atoms with E-state index in [4.69, 9.17) is 14.4 Å². The summed E-state index contributed by atoms with van der Waals surface area (Å²) in [6, 6.07) is 0. The van der Waals surface area contributed by atoms with Gasteiger partial charge in [0.2, 0.25) is 0 Å². The Hall–Kier alpha value is -1.07. The number of ether oxygens (including phenoxy) is 1. The van der Waals surface area contributed by atoms with E-state index in [9.17, 15) is 0 Å². The van der Waals surface area contributed by atoms with Gasteiger partial charge < -0.3 is 19.3 Å². The summed E-state index contributed by atoms with van der Waals surface area (Å²) in [6.07, 6.45) is 0. The first kappa shape index (κ1) is 12.0. The average molecular weight is 214 g/mol. The van der Waals surface area contributed by atoms with Crippen LogP contribution in [0.2, 0.25) is 0 Å². The summed E-state index contributed by atoms with van der Waals surface area (Å²) in [4.78, 5) is 2.04. The van der Waals surface area contributed by atoms with E-state index >= 15 is 0 Å². The van der Waals surface area contributed by atoms with E-state index in [-0.39, 0.29) is 6.61 Å². The molecular formula is C10H18N2O3. The first-order valence-corrected chi connectivity index (χ1v) is 4.99. The maximum Gasteiger partial charge on any atom is 0.157 e. The third kappa shape index (κ3) is 3.21. The summed E-state index contributed by atoms with van der Waals surface area (Å²) in [5, 5.41) is 12.4. The molecule has 1 N–H and O–H groups in total. The minimum Gasteiger partial charge on any atom is -0.394 e. The standard InChI is InChI=1S/C10H18N2O3/c1-8-10(9(2)15-11-8)12(3)4-6-14-7-5-13/h13H,4-7H2,1-3H3. The van der Waals surface area contributed by atoms with Gasteiger partial charge in [0.05, 0.1) is 19.8 Å². The van der Waals surface area contributed by atoms with E-state index in [0.717, 1.165) is 23.7 Å². The molecule has 86 valence electrons. The molecule has 1 heterocycles. The number of hydrogen-bond donors (Lipinski definition) is 1. The number of nitrogens with zero attached hydrogens (tertiary/aromatic N) is 2. The molecule has 5 heteroatoms. The molecule has 0 amide bonds. The molecule has 0 aliphatic rings. The predicted octanol–water partition coefficient (Wildman–Crippen LogP) is 0.737. The fraction of sp³-hybridized carbons (Fsp3) is 0.700. The Morgan fingerprint density at radius 1 is 1.40 bits per heavy atom. The van der Waals surface area contributed by atoms with Crippen LogP contribution < -0.4 is 4.90 Å². The summed E-state index contributed by atoms with van der Waals surface area (Å²) in [6.45, 7) is 5.59. The number of aryl methyl sites for hydroxylation is 2. The van der Waals surface area contributed by atoms with Crippen LogP contribution in [0.3, 0.4) is 0 Å². The molecule has 1 aromatic rings. The van der Waals surface area contributed by atoms with Crippen LogP contribution >= 0.6 is 0 Å². The van der Waals surface area contributed by atoms with Gasteiger partial charge in [0.1, 0.15) is 11.4 Å². The van der Waals surface area contributed by atoms with Crippen molar-refractivity contribution in [1.29, 1.82) is 0 Å². The maximum atomic E-state index is 8.54. The Morgan fingerprint density at radius 2 is 2.13 bits per heavy atom. The summed E-state index contributed by atoms with van der Waals surface area (Å²) in [5.74, 6) is 0.817. The smallest absolute Gasteiger partial charge is 0.157 e. The molecule has 1 aromatic heterocycles. The van der Waals surface area contributed by atoms with Crippen molar-refractivity contribution in [2.45, 2.75) is 13.8 Å². The summed E-state index contributed by atoms with van der Waals surface area (Å²) >= 11 is 0. The molecule has 0 atom stereocenters. The molecule has 0 aliphatic carbocycles. The molecule has 0 saturated heterocycles. The van der Waals surface area contributed by atoms with E-state index in [1.54, 1.807) is 0 Å². The molecule has 0 saturated carbocycles. The quantitative estimate of drug-likeness (QED) is 0.708. The first-order chi connectivity index (χ1) is 7.16. The number of anilines is 1. The number of likely N-dealkylation sites (N-methyl/N-ethyl adjacent to an activating group) is 1. The minimum atomic E-state index is 0.0645. The van der Waals surface area contributed by atoms with Gasteiger partial charge in [0.15, 0.2) is 5.76 Å². The lowest BCUT2D eigenvalue weighted by molar-refractivity contribution is 0.0971. The largest absolute Gasteiger partial charge is 0.394 e. The van der Waals surface area contributed by atoms with E-state index in [0.29, 0.717) is 13.2 Å². The SMILES string of the molecule is Cc1noc(C)c1N(C)CCOCCO. The van der Waals surface area contributed by atoms with Gasteiger partial charge in [-0.05, 0) is 13.8 Å². The summed E-state index contributed by atoms with van der Waals surface area (Å²) in [5.41, 5.74) is 1.90. The zero-order valence-electron chi connectivity index (χ0n) is 9.49. The van der Waals surface area contributed by atoms with Crippen LogP contribution in [-0.2, 0) is 4.74 Å². The second kappa shape index (κ2) is 5.72. The van der Waals surface area contributed by atoms with Crippen LogP contribution in [0.25, 0.3) is 0 Å². The molecule has 15 heavy (non-hydrogen) atoms. The summed E-state index contributed by atoms with van der Waals surface area (Å²) in [7, 11) is 1.97. The van der Waals surface area contributed by atoms with E-state index in [2.05, 4.69) is 5.16 Å². The van der Waals surface area contributed by atoms with Crippen LogP contribution in [0.5, 0.6) is 0 Å². The molecule has 0 aromatic carbocycles. The van der Waals surface area contributed by atoms with Crippen molar-refractivity contribution in [2.24, 2.45) is 0 Å². The Balaban J connectivity index is 2.43. The molecule has 5 nitrogen and oxygen atoms in total. The Bertz CT molecular complexity index is 279. The molecule has 0 unspecified atom stereocenters. The van der Waals surface area contributed by atoms with Crippen molar-refractivity contribution < 1.29 is 14.4 Å². The maximum absolute atomic E-state index is 8.54. The highest BCUT2D eigenvalue weighted by Crippen LogP contribution is 2.22. The first-order valence-electron chi connectivity index (χ1n) is 4.99. The Labute approximate surface area is 89.6 Å². The van der Waals surface area contributed by atoms with E-state index in [1.807, 2.05) is 25.8 Å². The van der Waals surface area contributed by atoms with Crippen molar-refractivity contribution in [3.63, 3.8) is 0 Å². The number of aliphatic hydroxyl groups excluding tert-OH is 1. The fourth-order valence-electron chi connectivity index (χ4n) is 1.50. The van der Waals surface area contributed by atoms with Gasteiger partial charge in [-0.1, -0.05) is 5.16 Å². The zero-order valence-corrected chi connectivity index (χ0v) is 9.49.